The molecule has 1 aliphatic rings. The van der Waals surface area contributed by atoms with Gasteiger partial charge in [0.05, 0.1) is 11.8 Å². The number of piperazine rings is 1. The largest absolute Gasteiger partial charge is 0.313 e. The minimum absolute atomic E-state index is 0.122. The Hall–Kier alpha value is -0.460. The number of nitrogens with zero attached hydrogens (tertiary/aromatic N) is 1. The quantitative estimate of drug-likeness (QED) is 0.630. The molecule has 0 saturated carbocycles. The van der Waals surface area contributed by atoms with Gasteiger partial charge in [0.1, 0.15) is 6.29 Å². The van der Waals surface area contributed by atoms with Crippen LogP contribution in [0.3, 0.4) is 0 Å². The van der Waals surface area contributed by atoms with Crippen molar-refractivity contribution < 1.29 is 13.2 Å². The summed E-state index contributed by atoms with van der Waals surface area (Å²) in [5, 5.41) is 2.99. The molecule has 0 aliphatic carbocycles. The van der Waals surface area contributed by atoms with Crippen LogP contribution in [-0.4, -0.2) is 50.4 Å². The molecule has 0 bridgehead atoms. The summed E-state index contributed by atoms with van der Waals surface area (Å²) in [5.74, 6) is 0.122. The molecule has 1 unspecified atom stereocenters. The number of aldehydes is 1. The molecule has 0 aromatic carbocycles. The molecule has 1 aliphatic heterocycles. The Morgan fingerprint density at radius 1 is 1.57 bits per heavy atom. The maximum atomic E-state index is 11.7. The highest BCUT2D eigenvalue weighted by atomic mass is 32.2. The second kappa shape index (κ2) is 4.86. The van der Waals surface area contributed by atoms with E-state index in [-0.39, 0.29) is 5.75 Å². The van der Waals surface area contributed by atoms with Crippen molar-refractivity contribution in [3.8, 4) is 0 Å². The van der Waals surface area contributed by atoms with Crippen LogP contribution in [0.25, 0.3) is 0 Å². The summed E-state index contributed by atoms with van der Waals surface area (Å²) >= 11 is 0. The van der Waals surface area contributed by atoms with Crippen molar-refractivity contribution in [3.63, 3.8) is 0 Å². The molecule has 0 radical (unpaired) electrons. The maximum Gasteiger partial charge on any atom is 0.214 e. The fraction of sp³-hybridized carbons (Fsp3) is 0.875. The molecule has 1 heterocycles. The molecular weight excluding hydrogens is 204 g/mol. The van der Waals surface area contributed by atoms with Gasteiger partial charge in [-0.25, -0.2) is 8.42 Å². The Balaban J connectivity index is 2.77. The first-order chi connectivity index (χ1) is 6.61. The zero-order chi connectivity index (χ0) is 10.6. The standard InChI is InChI=1S/C8H16N2O3S/c1-2-5-14(12,13)10-4-3-9-6-8(10)7-11/h7-9H,2-6H2,1H3. The van der Waals surface area contributed by atoms with Gasteiger partial charge in [0, 0.05) is 19.6 Å². The highest BCUT2D eigenvalue weighted by molar-refractivity contribution is 7.89. The van der Waals surface area contributed by atoms with E-state index in [2.05, 4.69) is 5.32 Å². The van der Waals surface area contributed by atoms with Gasteiger partial charge in [0.15, 0.2) is 0 Å². The predicted molar refractivity (Wildman–Crippen MR) is 53.5 cm³/mol. The van der Waals surface area contributed by atoms with Crippen molar-refractivity contribution >= 4 is 16.3 Å². The summed E-state index contributed by atoms with van der Waals surface area (Å²) in [6.07, 6.45) is 1.28. The lowest BCUT2D eigenvalue weighted by atomic mass is 10.3. The lowest BCUT2D eigenvalue weighted by molar-refractivity contribution is -0.111. The normalized spacial score (nSPS) is 24.8. The second-order valence-electron chi connectivity index (χ2n) is 3.33. The van der Waals surface area contributed by atoms with Gasteiger partial charge in [0.25, 0.3) is 0 Å². The minimum atomic E-state index is -3.23. The van der Waals surface area contributed by atoms with E-state index in [0.717, 1.165) is 0 Å². The topological polar surface area (TPSA) is 66.5 Å². The lowest BCUT2D eigenvalue weighted by Gasteiger charge is -2.31. The van der Waals surface area contributed by atoms with Gasteiger partial charge in [-0.2, -0.15) is 4.31 Å². The van der Waals surface area contributed by atoms with Crippen LogP contribution in [0.5, 0.6) is 0 Å². The molecule has 5 nitrogen and oxygen atoms in total. The summed E-state index contributed by atoms with van der Waals surface area (Å²) in [4.78, 5) is 10.7. The van der Waals surface area contributed by atoms with E-state index in [1.165, 1.54) is 4.31 Å². The van der Waals surface area contributed by atoms with Crippen molar-refractivity contribution in [2.45, 2.75) is 19.4 Å². The number of sulfonamides is 1. The second-order valence-corrected chi connectivity index (χ2v) is 5.38. The molecule has 1 rings (SSSR count). The van der Waals surface area contributed by atoms with Crippen LogP contribution < -0.4 is 5.32 Å². The molecule has 1 saturated heterocycles. The molecule has 1 N–H and O–H groups in total. The molecule has 1 atom stereocenters. The van der Waals surface area contributed by atoms with Gasteiger partial charge in [-0.1, -0.05) is 6.92 Å². The SMILES string of the molecule is CCCS(=O)(=O)N1CCNCC1C=O. The van der Waals surface area contributed by atoms with Crippen molar-refractivity contribution in [2.24, 2.45) is 0 Å². The third kappa shape index (κ3) is 2.52. The third-order valence-electron chi connectivity index (χ3n) is 2.21. The molecular formula is C8H16N2O3S. The molecule has 0 spiro atoms. The minimum Gasteiger partial charge on any atom is -0.313 e. The molecule has 0 aromatic heterocycles. The van der Waals surface area contributed by atoms with Crippen LogP contribution in [0.1, 0.15) is 13.3 Å². The molecule has 14 heavy (non-hydrogen) atoms. The van der Waals surface area contributed by atoms with E-state index in [0.29, 0.717) is 32.3 Å². The van der Waals surface area contributed by atoms with E-state index >= 15 is 0 Å². The van der Waals surface area contributed by atoms with E-state index in [4.69, 9.17) is 0 Å². The Bertz CT molecular complexity index is 289. The zero-order valence-corrected chi connectivity index (χ0v) is 9.09. The van der Waals surface area contributed by atoms with Gasteiger partial charge in [-0.3, -0.25) is 0 Å². The monoisotopic (exact) mass is 220 g/mol. The average Bonchev–Trinajstić information content (AvgIpc) is 2.18. The lowest BCUT2D eigenvalue weighted by Crippen LogP contribution is -2.54. The number of hydrogen-bond donors (Lipinski definition) is 1. The van der Waals surface area contributed by atoms with Gasteiger partial charge in [-0.15, -0.1) is 0 Å². The summed E-state index contributed by atoms with van der Waals surface area (Å²) in [6, 6.07) is -0.528. The van der Waals surface area contributed by atoms with Crippen LogP contribution in [0, 0.1) is 0 Å². The van der Waals surface area contributed by atoms with E-state index in [9.17, 15) is 13.2 Å². The Morgan fingerprint density at radius 3 is 2.86 bits per heavy atom. The Labute approximate surface area is 84.5 Å². The number of carbonyl (C=O) groups is 1. The predicted octanol–water partition coefficient (Wildman–Crippen LogP) is -0.801. The first-order valence-corrected chi connectivity index (χ1v) is 6.38. The first kappa shape index (κ1) is 11.6. The van der Waals surface area contributed by atoms with Crippen LogP contribution >= 0.6 is 0 Å². The average molecular weight is 220 g/mol. The fourth-order valence-corrected chi connectivity index (χ4v) is 3.20. The Morgan fingerprint density at radius 2 is 2.29 bits per heavy atom. The van der Waals surface area contributed by atoms with Crippen molar-refractivity contribution in [2.75, 3.05) is 25.4 Å². The smallest absolute Gasteiger partial charge is 0.214 e. The van der Waals surface area contributed by atoms with Crippen LogP contribution in [0.2, 0.25) is 0 Å². The van der Waals surface area contributed by atoms with E-state index < -0.39 is 16.1 Å². The summed E-state index contributed by atoms with van der Waals surface area (Å²) in [6.45, 7) is 3.25. The summed E-state index contributed by atoms with van der Waals surface area (Å²) in [7, 11) is -3.23. The Kier molecular flexibility index (Phi) is 4.03. The zero-order valence-electron chi connectivity index (χ0n) is 8.27. The highest BCUT2D eigenvalue weighted by Crippen LogP contribution is 2.09. The summed E-state index contributed by atoms with van der Waals surface area (Å²) in [5.41, 5.74) is 0. The molecule has 0 amide bonds. The van der Waals surface area contributed by atoms with Crippen LogP contribution in [-0.2, 0) is 14.8 Å². The first-order valence-electron chi connectivity index (χ1n) is 4.77. The molecule has 1 fully saturated rings. The van der Waals surface area contributed by atoms with Crippen LogP contribution in [0.15, 0.2) is 0 Å². The number of carbonyl (C=O) groups excluding carboxylic acids is 1. The van der Waals surface area contributed by atoms with Gasteiger partial charge >= 0.3 is 0 Å². The van der Waals surface area contributed by atoms with Gasteiger partial charge in [-0.05, 0) is 6.42 Å². The maximum absolute atomic E-state index is 11.7. The van der Waals surface area contributed by atoms with Crippen LogP contribution in [0.4, 0.5) is 0 Å². The third-order valence-corrected chi connectivity index (χ3v) is 4.30. The summed E-state index contributed by atoms with van der Waals surface area (Å²) < 4.78 is 24.7. The van der Waals surface area contributed by atoms with Gasteiger partial charge in [0.2, 0.25) is 10.0 Å². The van der Waals surface area contributed by atoms with Crippen molar-refractivity contribution in [3.05, 3.63) is 0 Å². The molecule has 6 heteroatoms. The number of rotatable bonds is 4. The van der Waals surface area contributed by atoms with E-state index in [1.54, 1.807) is 0 Å². The molecule has 82 valence electrons. The van der Waals surface area contributed by atoms with Crippen molar-refractivity contribution in [1.82, 2.24) is 9.62 Å². The van der Waals surface area contributed by atoms with Crippen molar-refractivity contribution in [1.29, 1.82) is 0 Å². The molecule has 0 aromatic rings. The van der Waals surface area contributed by atoms with E-state index in [1.807, 2.05) is 6.92 Å². The number of hydrogen-bond acceptors (Lipinski definition) is 4. The fourth-order valence-electron chi connectivity index (χ4n) is 1.54. The highest BCUT2D eigenvalue weighted by Gasteiger charge is 2.30. The van der Waals surface area contributed by atoms with Gasteiger partial charge < -0.3 is 10.1 Å². The number of nitrogens with one attached hydrogen (secondary N) is 1.